The molecule has 0 aliphatic heterocycles. The molecule has 1 heterocycles. The van der Waals surface area contributed by atoms with E-state index in [2.05, 4.69) is 41.6 Å². The normalized spacial score (nSPS) is 16.5. The summed E-state index contributed by atoms with van der Waals surface area (Å²) in [7, 11) is 0. The summed E-state index contributed by atoms with van der Waals surface area (Å²) in [4.78, 5) is 0. The van der Waals surface area contributed by atoms with Gasteiger partial charge in [-0.3, -0.25) is 0 Å². The Bertz CT molecular complexity index is 515. The second-order valence-corrected chi connectivity index (χ2v) is 5.54. The molecule has 1 saturated carbocycles. The van der Waals surface area contributed by atoms with Crippen molar-refractivity contribution in [3.8, 4) is 5.69 Å². The Morgan fingerprint density at radius 3 is 2.89 bits per heavy atom. The number of nitrogens with zero attached hydrogens (tertiary/aromatic N) is 2. The Morgan fingerprint density at radius 2 is 2.16 bits per heavy atom. The zero-order valence-electron chi connectivity index (χ0n) is 11.4. The van der Waals surface area contributed by atoms with Gasteiger partial charge in [-0.25, -0.2) is 4.68 Å². The number of nitrogens with one attached hydrogen (secondary N) is 1. The van der Waals surface area contributed by atoms with Crippen molar-refractivity contribution in [2.45, 2.75) is 38.8 Å². The Balaban J connectivity index is 1.66. The molecular weight excluding hydrogens is 234 g/mol. The zero-order chi connectivity index (χ0) is 13.1. The summed E-state index contributed by atoms with van der Waals surface area (Å²) in [6, 6.07) is 11.0. The third kappa shape index (κ3) is 3.24. The Morgan fingerprint density at radius 1 is 1.32 bits per heavy atom. The minimum Gasteiger partial charge on any atom is -0.310 e. The van der Waals surface area contributed by atoms with Crippen LogP contribution in [0, 0.1) is 5.92 Å². The van der Waals surface area contributed by atoms with E-state index in [1.807, 2.05) is 23.1 Å². The zero-order valence-corrected chi connectivity index (χ0v) is 11.4. The maximum absolute atomic E-state index is 4.32. The Hall–Kier alpha value is -1.61. The number of hydrogen-bond donors (Lipinski definition) is 1. The van der Waals surface area contributed by atoms with Crippen LogP contribution in [0.25, 0.3) is 5.69 Å². The average molecular weight is 255 g/mol. The third-order valence-corrected chi connectivity index (χ3v) is 3.77. The molecular formula is C16H21N3. The quantitative estimate of drug-likeness (QED) is 0.859. The van der Waals surface area contributed by atoms with Gasteiger partial charge in [0.25, 0.3) is 0 Å². The lowest BCUT2D eigenvalue weighted by Crippen LogP contribution is -2.26. The van der Waals surface area contributed by atoms with Gasteiger partial charge in [-0.15, -0.1) is 0 Å². The molecule has 0 bridgehead atoms. The molecule has 0 radical (unpaired) electrons. The van der Waals surface area contributed by atoms with E-state index in [0.717, 1.165) is 12.5 Å². The molecule has 1 unspecified atom stereocenters. The second-order valence-electron chi connectivity index (χ2n) is 5.54. The molecule has 0 saturated heterocycles. The molecule has 0 amide bonds. The van der Waals surface area contributed by atoms with Crippen molar-refractivity contribution in [3.05, 3.63) is 48.3 Å². The van der Waals surface area contributed by atoms with Crippen LogP contribution in [0.3, 0.4) is 0 Å². The van der Waals surface area contributed by atoms with Crippen LogP contribution >= 0.6 is 0 Å². The number of aromatic nitrogens is 2. The lowest BCUT2D eigenvalue weighted by Gasteiger charge is -2.15. The summed E-state index contributed by atoms with van der Waals surface area (Å²) in [6.45, 7) is 3.19. The molecule has 3 rings (SSSR count). The summed E-state index contributed by atoms with van der Waals surface area (Å²) in [5.41, 5.74) is 2.47. The summed E-state index contributed by atoms with van der Waals surface area (Å²) in [6.07, 6.45) is 7.97. The molecule has 1 fully saturated rings. The number of hydrogen-bond acceptors (Lipinski definition) is 2. The van der Waals surface area contributed by atoms with Crippen LogP contribution in [-0.4, -0.2) is 15.8 Å². The predicted molar refractivity (Wildman–Crippen MR) is 77.2 cm³/mol. The fraction of sp³-hybridized carbons (Fsp3) is 0.438. The van der Waals surface area contributed by atoms with E-state index in [-0.39, 0.29) is 0 Å². The van der Waals surface area contributed by atoms with Crippen LogP contribution in [0.4, 0.5) is 0 Å². The van der Waals surface area contributed by atoms with Crippen LogP contribution in [0.5, 0.6) is 0 Å². The molecule has 1 aliphatic rings. The highest BCUT2D eigenvalue weighted by Gasteiger charge is 2.23. The largest absolute Gasteiger partial charge is 0.310 e. The summed E-state index contributed by atoms with van der Waals surface area (Å²) in [5.74, 6) is 0.976. The molecule has 1 aromatic carbocycles. The molecule has 1 aliphatic carbocycles. The fourth-order valence-electron chi connectivity index (χ4n) is 2.52. The minimum atomic E-state index is 0.596. The van der Waals surface area contributed by atoms with Gasteiger partial charge >= 0.3 is 0 Å². The van der Waals surface area contributed by atoms with Crippen molar-refractivity contribution in [1.82, 2.24) is 15.1 Å². The van der Waals surface area contributed by atoms with Gasteiger partial charge in [-0.1, -0.05) is 31.0 Å². The Labute approximate surface area is 114 Å². The lowest BCUT2D eigenvalue weighted by molar-refractivity contribution is 0.487. The molecule has 3 nitrogen and oxygen atoms in total. The van der Waals surface area contributed by atoms with Crippen LogP contribution < -0.4 is 5.32 Å². The van der Waals surface area contributed by atoms with E-state index in [9.17, 15) is 0 Å². The maximum Gasteiger partial charge on any atom is 0.0690 e. The number of benzene rings is 1. The molecule has 1 aromatic heterocycles. The van der Waals surface area contributed by atoms with Crippen molar-refractivity contribution >= 4 is 0 Å². The first-order valence-electron chi connectivity index (χ1n) is 7.14. The molecule has 1 N–H and O–H groups in total. The first kappa shape index (κ1) is 12.4. The van der Waals surface area contributed by atoms with Gasteiger partial charge in [0, 0.05) is 25.0 Å². The van der Waals surface area contributed by atoms with E-state index in [1.165, 1.54) is 30.5 Å². The van der Waals surface area contributed by atoms with Crippen molar-refractivity contribution in [1.29, 1.82) is 0 Å². The topological polar surface area (TPSA) is 29.9 Å². The highest BCUT2D eigenvalue weighted by atomic mass is 15.3. The second kappa shape index (κ2) is 5.57. The van der Waals surface area contributed by atoms with Gasteiger partial charge in [0.2, 0.25) is 0 Å². The molecule has 0 spiro atoms. The molecule has 100 valence electrons. The highest BCUT2D eigenvalue weighted by molar-refractivity contribution is 5.40. The van der Waals surface area contributed by atoms with Gasteiger partial charge in [0.05, 0.1) is 5.69 Å². The third-order valence-electron chi connectivity index (χ3n) is 3.77. The summed E-state index contributed by atoms with van der Waals surface area (Å²) >= 11 is 0. The van der Waals surface area contributed by atoms with E-state index < -0.39 is 0 Å². The first-order valence-corrected chi connectivity index (χ1v) is 7.14. The molecule has 1 atom stereocenters. The Kier molecular flexibility index (Phi) is 3.65. The van der Waals surface area contributed by atoms with Crippen molar-refractivity contribution in [2.75, 3.05) is 0 Å². The van der Waals surface area contributed by atoms with Crippen molar-refractivity contribution < 1.29 is 0 Å². The molecule has 2 aromatic rings. The lowest BCUT2D eigenvalue weighted by atomic mass is 10.1. The number of para-hydroxylation sites is 1. The van der Waals surface area contributed by atoms with Crippen molar-refractivity contribution in [2.24, 2.45) is 5.92 Å². The highest BCUT2D eigenvalue weighted by Crippen LogP contribution is 2.33. The summed E-state index contributed by atoms with van der Waals surface area (Å²) < 4.78 is 1.93. The van der Waals surface area contributed by atoms with E-state index in [0.29, 0.717) is 6.04 Å². The number of rotatable bonds is 6. The van der Waals surface area contributed by atoms with Gasteiger partial charge in [0.1, 0.15) is 0 Å². The van der Waals surface area contributed by atoms with E-state index in [1.54, 1.807) is 0 Å². The van der Waals surface area contributed by atoms with Gasteiger partial charge in [-0.2, -0.15) is 5.10 Å². The average Bonchev–Trinajstić information content (AvgIpc) is 3.07. The molecule has 3 heteroatoms. The monoisotopic (exact) mass is 255 g/mol. The van der Waals surface area contributed by atoms with Crippen LogP contribution in [0.1, 0.15) is 31.7 Å². The minimum absolute atomic E-state index is 0.596. The van der Waals surface area contributed by atoms with Gasteiger partial charge in [0.15, 0.2) is 0 Å². The predicted octanol–water partition coefficient (Wildman–Crippen LogP) is 3.15. The van der Waals surface area contributed by atoms with E-state index in [4.69, 9.17) is 0 Å². The summed E-state index contributed by atoms with van der Waals surface area (Å²) in [5, 5.41) is 7.95. The fourth-order valence-corrected chi connectivity index (χ4v) is 2.52. The van der Waals surface area contributed by atoms with Crippen molar-refractivity contribution in [3.63, 3.8) is 0 Å². The van der Waals surface area contributed by atoms with Crippen LogP contribution in [-0.2, 0) is 6.54 Å². The standard InChI is InChI=1S/C16H21N3/c1-13(11-14-7-8-14)17-12-15-5-2-3-6-16(15)19-10-4-9-18-19/h2-6,9-10,13-14,17H,7-8,11-12H2,1H3. The van der Waals surface area contributed by atoms with Gasteiger partial charge < -0.3 is 5.32 Å². The molecule has 19 heavy (non-hydrogen) atoms. The van der Waals surface area contributed by atoms with Gasteiger partial charge in [-0.05, 0) is 37.0 Å². The smallest absolute Gasteiger partial charge is 0.0690 e. The van der Waals surface area contributed by atoms with Crippen LogP contribution in [0.15, 0.2) is 42.7 Å². The first-order chi connectivity index (χ1) is 9.33. The SMILES string of the molecule is CC(CC1CC1)NCc1ccccc1-n1cccn1. The van der Waals surface area contributed by atoms with E-state index >= 15 is 0 Å². The van der Waals surface area contributed by atoms with Crippen LogP contribution in [0.2, 0.25) is 0 Å². The maximum atomic E-state index is 4.32.